The predicted molar refractivity (Wildman–Crippen MR) is 113 cm³/mol. The molecule has 0 unspecified atom stereocenters. The van der Waals surface area contributed by atoms with Gasteiger partial charge in [0, 0.05) is 23.4 Å². The molecule has 3 N–H and O–H groups in total. The number of halogens is 5. The van der Waals surface area contributed by atoms with E-state index in [1.807, 2.05) is 13.8 Å². The third kappa shape index (κ3) is 6.75. The van der Waals surface area contributed by atoms with Gasteiger partial charge in [0.05, 0.1) is 18.3 Å². The lowest BCUT2D eigenvalue weighted by Gasteiger charge is -2.21. The van der Waals surface area contributed by atoms with E-state index in [0.29, 0.717) is 5.56 Å². The molecule has 0 aliphatic carbocycles. The van der Waals surface area contributed by atoms with Crippen molar-refractivity contribution in [2.24, 2.45) is 5.92 Å². The van der Waals surface area contributed by atoms with E-state index >= 15 is 0 Å². The van der Waals surface area contributed by atoms with Crippen molar-refractivity contribution >= 4 is 17.5 Å². The minimum atomic E-state index is -4.86. The van der Waals surface area contributed by atoms with E-state index in [9.17, 15) is 27.1 Å². The molecule has 3 aromatic rings. The summed E-state index contributed by atoms with van der Waals surface area (Å²) < 4.78 is 68.7. The van der Waals surface area contributed by atoms with Crippen molar-refractivity contribution in [2.45, 2.75) is 26.3 Å². The number of hydrogen-bond donors (Lipinski definition) is 3. The number of rotatable bonds is 8. The molecule has 0 aliphatic rings. The molecule has 0 fully saturated rings. The van der Waals surface area contributed by atoms with E-state index in [0.717, 1.165) is 24.3 Å². The van der Waals surface area contributed by atoms with Crippen molar-refractivity contribution in [3.8, 4) is 17.0 Å². The monoisotopic (exact) mass is 468 g/mol. The lowest BCUT2D eigenvalue weighted by atomic mass is 10.1. The Labute approximate surface area is 186 Å². The Balaban J connectivity index is 2.01. The number of aliphatic hydroxyl groups is 1. The maximum Gasteiger partial charge on any atom is 0.573 e. The Kier molecular flexibility index (Phi) is 7.32. The van der Waals surface area contributed by atoms with E-state index in [1.165, 1.54) is 24.3 Å². The normalized spacial score (nSPS) is 12.5. The van der Waals surface area contributed by atoms with Gasteiger partial charge in [-0.3, -0.25) is 0 Å². The number of nitrogens with zero attached hydrogens (tertiary/aromatic N) is 2. The highest BCUT2D eigenvalue weighted by atomic mass is 19.4. The smallest absolute Gasteiger partial charge is 0.406 e. The highest BCUT2D eigenvalue weighted by Gasteiger charge is 2.31. The largest absolute Gasteiger partial charge is 0.573 e. The zero-order valence-corrected chi connectivity index (χ0v) is 17.6. The molecule has 2 aromatic carbocycles. The number of alkyl halides is 3. The summed E-state index contributed by atoms with van der Waals surface area (Å²) in [5.74, 6) is -2.27. The number of nitrogens with one attached hydrogen (secondary N) is 2. The second-order valence-electron chi connectivity index (χ2n) is 7.47. The first kappa shape index (κ1) is 24.2. The van der Waals surface area contributed by atoms with E-state index in [4.69, 9.17) is 0 Å². The van der Waals surface area contributed by atoms with Gasteiger partial charge >= 0.3 is 6.36 Å². The van der Waals surface area contributed by atoms with Crippen LogP contribution in [0.3, 0.4) is 0 Å². The summed E-state index contributed by atoms with van der Waals surface area (Å²) in [5.41, 5.74) is 0.715. The number of hydrogen-bond acceptors (Lipinski definition) is 6. The molecule has 0 aliphatic heterocycles. The van der Waals surface area contributed by atoms with Crippen LogP contribution in [0.2, 0.25) is 0 Å². The van der Waals surface area contributed by atoms with E-state index in [-0.39, 0.29) is 35.7 Å². The van der Waals surface area contributed by atoms with Crippen molar-refractivity contribution in [3.05, 3.63) is 60.2 Å². The molecular formula is C22H21F5N4O2. The Morgan fingerprint density at radius 3 is 2.39 bits per heavy atom. The van der Waals surface area contributed by atoms with Crippen LogP contribution in [0.1, 0.15) is 13.8 Å². The van der Waals surface area contributed by atoms with Gasteiger partial charge in [0.2, 0.25) is 5.95 Å². The van der Waals surface area contributed by atoms with Gasteiger partial charge in [-0.1, -0.05) is 26.0 Å². The van der Waals surface area contributed by atoms with E-state index in [2.05, 4.69) is 25.3 Å². The van der Waals surface area contributed by atoms with Gasteiger partial charge in [0.15, 0.2) is 11.6 Å². The lowest BCUT2D eigenvalue weighted by Crippen LogP contribution is -2.30. The van der Waals surface area contributed by atoms with Gasteiger partial charge in [-0.05, 0) is 30.2 Å². The third-order valence-corrected chi connectivity index (χ3v) is 4.60. The van der Waals surface area contributed by atoms with Crippen molar-refractivity contribution in [3.63, 3.8) is 0 Å². The van der Waals surface area contributed by atoms with Gasteiger partial charge in [-0.15, -0.1) is 13.2 Å². The standard InChI is InChI=1S/C22H21F5N4O2/c1-12(2)19(11-32)30-21-29-18(13-4-3-5-15(8-13)33-22(25,26)27)10-20(31-21)28-14-6-7-16(23)17(24)9-14/h3-10,12,19,32H,11H2,1-2H3,(H2,28,29,30,31)/t19-/m1/s1. The summed E-state index contributed by atoms with van der Waals surface area (Å²) in [6.07, 6.45) is -4.86. The van der Waals surface area contributed by atoms with E-state index in [1.54, 1.807) is 0 Å². The molecule has 0 bridgehead atoms. The zero-order chi connectivity index (χ0) is 24.2. The van der Waals surface area contributed by atoms with Gasteiger partial charge < -0.3 is 20.5 Å². The molecule has 0 spiro atoms. The summed E-state index contributed by atoms with van der Waals surface area (Å²) in [5, 5.41) is 15.4. The maximum absolute atomic E-state index is 13.6. The fraction of sp³-hybridized carbons (Fsp3) is 0.273. The summed E-state index contributed by atoms with van der Waals surface area (Å²) in [6.45, 7) is 3.53. The molecule has 0 saturated heterocycles. The summed E-state index contributed by atoms with van der Waals surface area (Å²) >= 11 is 0. The van der Waals surface area contributed by atoms with Gasteiger partial charge in [0.1, 0.15) is 11.6 Å². The quantitative estimate of drug-likeness (QED) is 0.380. The van der Waals surface area contributed by atoms with Crippen LogP contribution in [-0.2, 0) is 0 Å². The first-order chi connectivity index (χ1) is 15.5. The molecule has 1 heterocycles. The minimum Gasteiger partial charge on any atom is -0.406 e. The first-order valence-corrected chi connectivity index (χ1v) is 9.89. The van der Waals surface area contributed by atoms with Crippen molar-refractivity contribution in [2.75, 3.05) is 17.2 Å². The molecule has 176 valence electrons. The van der Waals surface area contributed by atoms with Crippen LogP contribution >= 0.6 is 0 Å². The molecular weight excluding hydrogens is 447 g/mol. The molecule has 11 heteroatoms. The number of benzene rings is 2. The fourth-order valence-electron chi connectivity index (χ4n) is 2.89. The Morgan fingerprint density at radius 1 is 1.00 bits per heavy atom. The zero-order valence-electron chi connectivity index (χ0n) is 17.6. The van der Waals surface area contributed by atoms with Crippen LogP contribution in [0, 0.1) is 17.6 Å². The average molecular weight is 468 g/mol. The second-order valence-corrected chi connectivity index (χ2v) is 7.47. The van der Waals surface area contributed by atoms with Crippen LogP contribution in [0.15, 0.2) is 48.5 Å². The molecule has 3 rings (SSSR count). The molecule has 1 atom stereocenters. The Hall–Kier alpha value is -3.47. The van der Waals surface area contributed by atoms with Crippen molar-refractivity contribution < 1.29 is 31.8 Å². The first-order valence-electron chi connectivity index (χ1n) is 9.89. The number of anilines is 3. The highest BCUT2D eigenvalue weighted by Crippen LogP contribution is 2.29. The van der Waals surface area contributed by atoms with Gasteiger partial charge in [-0.2, -0.15) is 4.98 Å². The second kappa shape index (κ2) is 9.99. The molecule has 1 aromatic heterocycles. The van der Waals surface area contributed by atoms with Crippen LogP contribution in [-0.4, -0.2) is 34.1 Å². The average Bonchev–Trinajstić information content (AvgIpc) is 2.73. The van der Waals surface area contributed by atoms with E-state index < -0.39 is 29.8 Å². The minimum absolute atomic E-state index is 0.00775. The SMILES string of the molecule is CC(C)[C@@H](CO)Nc1nc(Nc2ccc(F)c(F)c2)cc(-c2cccc(OC(F)(F)F)c2)n1. The highest BCUT2D eigenvalue weighted by molar-refractivity contribution is 5.68. The van der Waals surface area contributed by atoms with Gasteiger partial charge in [-0.25, -0.2) is 13.8 Å². The number of aromatic nitrogens is 2. The van der Waals surface area contributed by atoms with Crippen LogP contribution < -0.4 is 15.4 Å². The summed E-state index contributed by atoms with van der Waals surface area (Å²) in [6, 6.07) is 9.42. The van der Waals surface area contributed by atoms with Crippen molar-refractivity contribution in [1.82, 2.24) is 9.97 Å². The topological polar surface area (TPSA) is 79.3 Å². The molecule has 0 amide bonds. The Morgan fingerprint density at radius 2 is 1.76 bits per heavy atom. The lowest BCUT2D eigenvalue weighted by molar-refractivity contribution is -0.274. The van der Waals surface area contributed by atoms with Crippen LogP contribution in [0.4, 0.5) is 39.4 Å². The molecule has 0 radical (unpaired) electrons. The van der Waals surface area contributed by atoms with Gasteiger partial charge in [0.25, 0.3) is 0 Å². The molecule has 6 nitrogen and oxygen atoms in total. The molecule has 33 heavy (non-hydrogen) atoms. The predicted octanol–water partition coefficient (Wildman–Crippen LogP) is 5.49. The Bertz CT molecular complexity index is 1110. The maximum atomic E-state index is 13.6. The fourth-order valence-corrected chi connectivity index (χ4v) is 2.89. The summed E-state index contributed by atoms with van der Waals surface area (Å²) in [7, 11) is 0. The van der Waals surface area contributed by atoms with Crippen molar-refractivity contribution in [1.29, 1.82) is 0 Å². The number of aliphatic hydroxyl groups excluding tert-OH is 1. The van der Waals surface area contributed by atoms with Crippen LogP contribution in [0.5, 0.6) is 5.75 Å². The summed E-state index contributed by atoms with van der Waals surface area (Å²) in [4.78, 5) is 8.63. The third-order valence-electron chi connectivity index (χ3n) is 4.60. The van der Waals surface area contributed by atoms with Crippen LogP contribution in [0.25, 0.3) is 11.3 Å². The molecule has 0 saturated carbocycles. The number of ether oxygens (including phenoxy) is 1.